The summed E-state index contributed by atoms with van der Waals surface area (Å²) in [5, 5.41) is 13.9. The minimum Gasteiger partial charge on any atom is -0.391 e. The van der Waals surface area contributed by atoms with Gasteiger partial charge in [-0.05, 0) is 46.1 Å². The largest absolute Gasteiger partial charge is 0.417 e. The number of alkyl halides is 6. The fourth-order valence-corrected chi connectivity index (χ4v) is 5.03. The first-order valence-corrected chi connectivity index (χ1v) is 13.1. The van der Waals surface area contributed by atoms with E-state index < -0.39 is 71.4 Å². The molecule has 0 radical (unpaired) electrons. The fourth-order valence-electron chi connectivity index (χ4n) is 4.05. The number of carbonyl (C=O) groups excluding carboxylic acids is 2. The number of aromatic nitrogens is 2. The number of pyridine rings is 1. The quantitative estimate of drug-likeness (QED) is 0.375. The van der Waals surface area contributed by atoms with Gasteiger partial charge < -0.3 is 20.6 Å². The number of carbonyl (C=O) groups is 2. The first-order chi connectivity index (χ1) is 18.0. The highest BCUT2D eigenvalue weighted by atomic mass is 32.1. The molecule has 1 saturated heterocycles. The number of rotatable bonds is 8. The third kappa shape index (κ3) is 6.99. The first-order valence-electron chi connectivity index (χ1n) is 12.3. The lowest BCUT2D eigenvalue weighted by Crippen LogP contribution is -2.39. The zero-order chi connectivity index (χ0) is 29.3. The van der Waals surface area contributed by atoms with Crippen molar-refractivity contribution in [2.45, 2.75) is 83.5 Å². The maximum Gasteiger partial charge on any atom is 0.417 e. The Labute approximate surface area is 224 Å². The summed E-state index contributed by atoms with van der Waals surface area (Å²) in [7, 11) is 0. The Morgan fingerprint density at radius 1 is 1.23 bits per heavy atom. The molecule has 0 saturated carbocycles. The zero-order valence-corrected chi connectivity index (χ0v) is 22.4. The van der Waals surface area contributed by atoms with Crippen LogP contribution in [0.1, 0.15) is 72.8 Å². The van der Waals surface area contributed by atoms with E-state index in [0.717, 1.165) is 6.20 Å². The van der Waals surface area contributed by atoms with Crippen LogP contribution in [0, 0.1) is 0 Å². The molecule has 0 unspecified atom stereocenters. The van der Waals surface area contributed by atoms with E-state index in [-0.39, 0.29) is 15.9 Å². The van der Waals surface area contributed by atoms with Crippen molar-refractivity contribution in [2.75, 3.05) is 11.9 Å². The summed E-state index contributed by atoms with van der Waals surface area (Å²) in [6, 6.07) is -2.61. The van der Waals surface area contributed by atoms with Crippen molar-refractivity contribution < 1.29 is 41.0 Å². The second kappa shape index (κ2) is 11.7. The Morgan fingerprint density at radius 3 is 2.41 bits per heavy atom. The Kier molecular flexibility index (Phi) is 9.15. The second-order valence-corrected chi connectivity index (χ2v) is 10.4. The van der Waals surface area contributed by atoms with Crippen molar-refractivity contribution in [3.8, 4) is 10.4 Å². The highest BCUT2D eigenvalue weighted by molar-refractivity contribution is 7.17. The Bertz CT molecular complexity index is 1200. The number of anilines is 1. The summed E-state index contributed by atoms with van der Waals surface area (Å²) >= 11 is 0.529. The van der Waals surface area contributed by atoms with Gasteiger partial charge in [0.25, 0.3) is 11.8 Å². The topological polar surface area (TPSA) is 107 Å². The van der Waals surface area contributed by atoms with Gasteiger partial charge >= 0.3 is 12.4 Å². The van der Waals surface area contributed by atoms with E-state index in [2.05, 4.69) is 15.3 Å². The van der Waals surface area contributed by atoms with Gasteiger partial charge in [-0.15, -0.1) is 11.3 Å². The summed E-state index contributed by atoms with van der Waals surface area (Å²) in [5.74, 6) is -2.13. The van der Waals surface area contributed by atoms with Gasteiger partial charge in [0, 0.05) is 24.3 Å². The molecule has 2 amide bonds. The van der Waals surface area contributed by atoms with Crippen LogP contribution in [0.2, 0.25) is 0 Å². The van der Waals surface area contributed by atoms with Gasteiger partial charge in [0.15, 0.2) is 5.01 Å². The molecule has 1 fully saturated rings. The number of halogens is 6. The van der Waals surface area contributed by atoms with Crippen molar-refractivity contribution in [1.82, 2.24) is 20.2 Å². The van der Waals surface area contributed by atoms with E-state index in [1.165, 1.54) is 25.7 Å². The predicted molar refractivity (Wildman–Crippen MR) is 132 cm³/mol. The maximum atomic E-state index is 14.2. The zero-order valence-electron chi connectivity index (χ0n) is 21.6. The number of aliphatic hydroxyl groups is 1. The molecule has 0 aliphatic carbocycles. The number of thiazole rings is 1. The van der Waals surface area contributed by atoms with Crippen LogP contribution in [0.3, 0.4) is 0 Å². The maximum absolute atomic E-state index is 14.2. The molecule has 3 heterocycles. The molecule has 3 N–H and O–H groups in total. The molecule has 0 bridgehead atoms. The van der Waals surface area contributed by atoms with Crippen molar-refractivity contribution in [1.29, 1.82) is 0 Å². The van der Waals surface area contributed by atoms with Crippen molar-refractivity contribution in [2.24, 2.45) is 0 Å². The Morgan fingerprint density at radius 2 is 1.90 bits per heavy atom. The molecule has 3 rings (SSSR count). The van der Waals surface area contributed by atoms with Crippen LogP contribution in [-0.2, 0) is 6.18 Å². The molecule has 8 nitrogen and oxygen atoms in total. The average molecular weight is 582 g/mol. The smallest absolute Gasteiger partial charge is 0.391 e. The molecule has 0 aromatic carbocycles. The summed E-state index contributed by atoms with van der Waals surface area (Å²) in [5.41, 5.74) is -2.32. The molecule has 1 aliphatic rings. The van der Waals surface area contributed by atoms with Crippen LogP contribution in [0.5, 0.6) is 0 Å². The van der Waals surface area contributed by atoms with Crippen LogP contribution in [0.25, 0.3) is 10.4 Å². The number of nitrogens with zero attached hydrogens (tertiary/aromatic N) is 3. The second-order valence-electron chi connectivity index (χ2n) is 9.45. The third-order valence-corrected chi connectivity index (χ3v) is 7.59. The Balaban J connectivity index is 2.14. The fraction of sp³-hybridized carbons (Fsp3) is 0.583. The molecule has 39 heavy (non-hydrogen) atoms. The van der Waals surface area contributed by atoms with Gasteiger partial charge in [0.2, 0.25) is 0 Å². The van der Waals surface area contributed by atoms with Gasteiger partial charge in [-0.2, -0.15) is 26.3 Å². The molecule has 216 valence electrons. The number of hydrogen-bond acceptors (Lipinski definition) is 7. The molecule has 2 aromatic heterocycles. The highest BCUT2D eigenvalue weighted by Gasteiger charge is 2.41. The molecular formula is C24H29F6N5O3S. The van der Waals surface area contributed by atoms with E-state index in [1.54, 1.807) is 6.92 Å². The van der Waals surface area contributed by atoms with Crippen molar-refractivity contribution in [3.63, 3.8) is 0 Å². The molecular weight excluding hydrogens is 552 g/mol. The van der Waals surface area contributed by atoms with Gasteiger partial charge in [0.1, 0.15) is 17.6 Å². The number of hydrogen-bond donors (Lipinski definition) is 3. The van der Waals surface area contributed by atoms with E-state index in [0.29, 0.717) is 36.8 Å². The summed E-state index contributed by atoms with van der Waals surface area (Å²) in [4.78, 5) is 35.2. The van der Waals surface area contributed by atoms with Gasteiger partial charge in [-0.3, -0.25) is 9.59 Å². The van der Waals surface area contributed by atoms with E-state index >= 15 is 0 Å². The minimum atomic E-state index is -5.04. The van der Waals surface area contributed by atoms with E-state index in [1.807, 2.05) is 5.32 Å². The molecule has 0 spiro atoms. The Hall–Kier alpha value is -2.94. The number of aliphatic hydroxyl groups excluding tert-OH is 1. The summed E-state index contributed by atoms with van der Waals surface area (Å²) in [6.45, 7) is 6.30. The van der Waals surface area contributed by atoms with Crippen LogP contribution < -0.4 is 10.6 Å². The summed E-state index contributed by atoms with van der Waals surface area (Å²) in [6.07, 6.45) is -9.06. The average Bonchev–Trinajstić information content (AvgIpc) is 3.47. The van der Waals surface area contributed by atoms with Crippen LogP contribution in [-0.4, -0.2) is 68.7 Å². The van der Waals surface area contributed by atoms with Crippen LogP contribution in [0.4, 0.5) is 32.2 Å². The standard InChI is InChI=1S/C24H29F6N5O3S/c1-5-16(24(28,29)30)33-17-9-15(23(25,26)27)14(10-31-17)19-18(22(38)35-8-6-7-11(35)2)34-21(39-19)20(37)32-12(3)13(4)36/h9-13,16,36H,5-8H2,1-4H3,(H,31,33)(H,32,37)/t11-,12-,13-,16-/m0/s1. The molecule has 15 heteroatoms. The molecule has 4 atom stereocenters. The number of amides is 2. The number of nitrogens with one attached hydrogen (secondary N) is 2. The molecule has 2 aromatic rings. The monoisotopic (exact) mass is 581 g/mol. The van der Waals surface area contributed by atoms with Crippen LogP contribution >= 0.6 is 11.3 Å². The van der Waals surface area contributed by atoms with Crippen molar-refractivity contribution in [3.05, 3.63) is 28.5 Å². The van der Waals surface area contributed by atoms with Gasteiger partial charge in [-0.1, -0.05) is 6.92 Å². The first kappa shape index (κ1) is 30.6. The van der Waals surface area contributed by atoms with E-state index in [4.69, 9.17) is 0 Å². The van der Waals surface area contributed by atoms with E-state index in [9.17, 15) is 41.0 Å². The van der Waals surface area contributed by atoms with Crippen LogP contribution in [0.15, 0.2) is 12.3 Å². The lowest BCUT2D eigenvalue weighted by atomic mass is 10.1. The van der Waals surface area contributed by atoms with Gasteiger partial charge in [0.05, 0.1) is 22.6 Å². The van der Waals surface area contributed by atoms with Gasteiger partial charge in [-0.25, -0.2) is 9.97 Å². The normalized spacial score (nSPS) is 18.5. The third-order valence-electron chi connectivity index (χ3n) is 6.50. The minimum absolute atomic E-state index is 0.209. The molecule has 1 aliphatic heterocycles. The van der Waals surface area contributed by atoms with Crippen molar-refractivity contribution >= 4 is 29.0 Å². The number of likely N-dealkylation sites (tertiary alicyclic amines) is 1. The predicted octanol–water partition coefficient (Wildman–Crippen LogP) is 5.10. The SMILES string of the molecule is CC[C@H](Nc1cc(C(F)(F)F)c(-c2sc(C(=O)N[C@@H](C)[C@H](C)O)nc2C(=O)N2CCC[C@@H]2C)cn1)C(F)(F)F. The lowest BCUT2D eigenvalue weighted by Gasteiger charge is -2.22. The lowest BCUT2D eigenvalue weighted by molar-refractivity contribution is -0.142. The highest BCUT2D eigenvalue weighted by Crippen LogP contribution is 2.42. The summed E-state index contributed by atoms with van der Waals surface area (Å²) < 4.78 is 82.2.